The Balaban J connectivity index is 1.77. The van der Waals surface area contributed by atoms with E-state index in [0.717, 1.165) is 29.5 Å². The lowest BCUT2D eigenvalue weighted by Gasteiger charge is -2.25. The van der Waals surface area contributed by atoms with E-state index in [0.29, 0.717) is 43.7 Å². The highest BCUT2D eigenvalue weighted by molar-refractivity contribution is 5.98. The number of hydrogen-bond acceptors (Lipinski definition) is 5. The molecule has 208 valence electrons. The average Bonchev–Trinajstić information content (AvgIpc) is 2.93. The van der Waals surface area contributed by atoms with Crippen molar-refractivity contribution >= 4 is 11.9 Å². The Morgan fingerprint density at radius 2 is 1.49 bits per heavy atom. The highest BCUT2D eigenvalue weighted by Gasteiger charge is 2.25. The van der Waals surface area contributed by atoms with Crippen molar-refractivity contribution in [3.63, 3.8) is 0 Å². The van der Waals surface area contributed by atoms with Gasteiger partial charge in [-0.3, -0.25) is 4.79 Å². The van der Waals surface area contributed by atoms with Gasteiger partial charge in [-0.15, -0.1) is 0 Å². The first-order chi connectivity index (χ1) is 18.8. The van der Waals surface area contributed by atoms with Crippen molar-refractivity contribution in [1.82, 2.24) is 10.2 Å². The Labute approximate surface area is 233 Å². The number of hydrogen-bond donors (Lipinski definition) is 2. The van der Waals surface area contributed by atoms with Crippen LogP contribution < -0.4 is 11.1 Å². The SMILES string of the molecule is CCCN(CCC)C(=O)c1cc(C)cc(C(=O)OC(CNCc2ccccc2)C(N)Cc2ccc(C)cc2)c1. The fraction of sp³-hybridized carbons (Fsp3) is 0.394. The van der Waals surface area contributed by atoms with Gasteiger partial charge >= 0.3 is 5.97 Å². The summed E-state index contributed by atoms with van der Waals surface area (Å²) >= 11 is 0. The van der Waals surface area contributed by atoms with Crippen LogP contribution in [0.3, 0.4) is 0 Å². The zero-order valence-corrected chi connectivity index (χ0v) is 23.8. The van der Waals surface area contributed by atoms with E-state index in [-0.39, 0.29) is 5.91 Å². The number of carbonyl (C=O) groups excluding carboxylic acids is 2. The minimum atomic E-state index is -0.557. The number of nitrogens with one attached hydrogen (secondary N) is 1. The van der Waals surface area contributed by atoms with Gasteiger partial charge in [-0.25, -0.2) is 4.79 Å². The van der Waals surface area contributed by atoms with Gasteiger partial charge in [-0.2, -0.15) is 0 Å². The fourth-order valence-electron chi connectivity index (χ4n) is 4.63. The summed E-state index contributed by atoms with van der Waals surface area (Å²) in [6.45, 7) is 10.5. The second-order valence-electron chi connectivity index (χ2n) is 10.3. The summed E-state index contributed by atoms with van der Waals surface area (Å²) in [5.41, 5.74) is 11.7. The molecule has 0 radical (unpaired) electrons. The molecule has 0 bridgehead atoms. The lowest BCUT2D eigenvalue weighted by atomic mass is 10.0. The van der Waals surface area contributed by atoms with Gasteiger partial charge in [0.2, 0.25) is 0 Å². The summed E-state index contributed by atoms with van der Waals surface area (Å²) in [5.74, 6) is -0.537. The van der Waals surface area contributed by atoms with Gasteiger partial charge in [-0.05, 0) is 68.0 Å². The molecule has 0 fully saturated rings. The van der Waals surface area contributed by atoms with Crippen molar-refractivity contribution in [2.45, 2.75) is 65.6 Å². The van der Waals surface area contributed by atoms with Crippen molar-refractivity contribution in [2.75, 3.05) is 19.6 Å². The Morgan fingerprint density at radius 3 is 2.13 bits per heavy atom. The van der Waals surface area contributed by atoms with Gasteiger partial charge < -0.3 is 20.7 Å². The average molecular weight is 530 g/mol. The summed E-state index contributed by atoms with van der Waals surface area (Å²) < 4.78 is 6.03. The van der Waals surface area contributed by atoms with Crippen LogP contribution in [-0.4, -0.2) is 48.6 Å². The maximum Gasteiger partial charge on any atom is 0.338 e. The second-order valence-corrected chi connectivity index (χ2v) is 10.3. The van der Waals surface area contributed by atoms with Crippen LogP contribution in [0, 0.1) is 13.8 Å². The molecular formula is C33H43N3O3. The standard InChI is InChI=1S/C33H43N3O3/c1-5-16-36(17-6-2)32(37)28-18-25(4)19-29(21-28)33(38)39-31(23-35-22-27-10-8-7-9-11-27)30(34)20-26-14-12-24(3)13-15-26/h7-15,18-19,21,30-31,35H,5-6,16-17,20,22-23,34H2,1-4H3. The van der Waals surface area contributed by atoms with Crippen molar-refractivity contribution in [3.05, 3.63) is 106 Å². The third-order valence-electron chi connectivity index (χ3n) is 6.68. The van der Waals surface area contributed by atoms with Crippen molar-refractivity contribution in [3.8, 4) is 0 Å². The van der Waals surface area contributed by atoms with Crippen LogP contribution >= 0.6 is 0 Å². The Bertz CT molecular complexity index is 1190. The van der Waals surface area contributed by atoms with E-state index >= 15 is 0 Å². The predicted molar refractivity (Wildman–Crippen MR) is 158 cm³/mol. The van der Waals surface area contributed by atoms with Crippen LogP contribution in [0.4, 0.5) is 0 Å². The van der Waals surface area contributed by atoms with Crippen LogP contribution in [-0.2, 0) is 17.7 Å². The summed E-state index contributed by atoms with van der Waals surface area (Å²) in [7, 11) is 0. The maximum atomic E-state index is 13.4. The molecule has 0 aliphatic heterocycles. The molecular weight excluding hydrogens is 486 g/mol. The zero-order valence-electron chi connectivity index (χ0n) is 23.8. The van der Waals surface area contributed by atoms with Crippen LogP contribution in [0.1, 0.15) is 69.7 Å². The highest BCUT2D eigenvalue weighted by atomic mass is 16.5. The van der Waals surface area contributed by atoms with Gasteiger partial charge in [-0.1, -0.05) is 74.0 Å². The lowest BCUT2D eigenvalue weighted by molar-refractivity contribution is 0.0238. The normalized spacial score (nSPS) is 12.5. The third-order valence-corrected chi connectivity index (χ3v) is 6.68. The number of aryl methyl sites for hydroxylation is 2. The summed E-state index contributed by atoms with van der Waals surface area (Å²) in [6.07, 6.45) is 1.77. The number of nitrogens with two attached hydrogens (primary N) is 1. The van der Waals surface area contributed by atoms with E-state index in [4.69, 9.17) is 10.5 Å². The summed E-state index contributed by atoms with van der Waals surface area (Å²) in [6, 6.07) is 23.1. The number of rotatable bonds is 14. The number of nitrogens with zero attached hydrogens (tertiary/aromatic N) is 1. The molecule has 0 saturated heterocycles. The molecule has 2 atom stereocenters. The second kappa shape index (κ2) is 15.2. The van der Waals surface area contributed by atoms with Crippen molar-refractivity contribution in [2.24, 2.45) is 5.73 Å². The molecule has 0 aliphatic rings. The number of amides is 1. The van der Waals surface area contributed by atoms with E-state index in [1.165, 1.54) is 5.56 Å². The molecule has 0 aliphatic carbocycles. The van der Waals surface area contributed by atoms with E-state index in [1.807, 2.05) is 55.1 Å². The van der Waals surface area contributed by atoms with Crippen LogP contribution in [0.25, 0.3) is 0 Å². The van der Waals surface area contributed by atoms with Gasteiger partial charge in [0, 0.05) is 37.8 Å². The van der Waals surface area contributed by atoms with E-state index in [2.05, 4.69) is 43.4 Å². The minimum Gasteiger partial charge on any atom is -0.456 e. The number of ether oxygens (including phenoxy) is 1. The Hall–Kier alpha value is -3.48. The largest absolute Gasteiger partial charge is 0.456 e. The van der Waals surface area contributed by atoms with E-state index < -0.39 is 18.1 Å². The van der Waals surface area contributed by atoms with Gasteiger partial charge in [0.05, 0.1) is 5.56 Å². The maximum absolute atomic E-state index is 13.4. The molecule has 2 unspecified atom stereocenters. The molecule has 6 heteroatoms. The van der Waals surface area contributed by atoms with Gasteiger partial charge in [0.15, 0.2) is 0 Å². The van der Waals surface area contributed by atoms with Crippen molar-refractivity contribution < 1.29 is 14.3 Å². The predicted octanol–water partition coefficient (Wildman–Crippen LogP) is 5.45. The minimum absolute atomic E-state index is 0.0615. The number of esters is 1. The molecule has 3 aromatic rings. The first-order valence-electron chi connectivity index (χ1n) is 14.0. The molecule has 3 rings (SSSR count). The molecule has 39 heavy (non-hydrogen) atoms. The molecule has 0 spiro atoms. The molecule has 3 N–H and O–H groups in total. The quantitative estimate of drug-likeness (QED) is 0.271. The van der Waals surface area contributed by atoms with Crippen LogP contribution in [0.5, 0.6) is 0 Å². The smallest absolute Gasteiger partial charge is 0.338 e. The zero-order chi connectivity index (χ0) is 28.2. The molecule has 0 saturated carbocycles. The van der Waals surface area contributed by atoms with Gasteiger partial charge in [0.25, 0.3) is 5.91 Å². The first kappa shape index (κ1) is 30.1. The highest BCUT2D eigenvalue weighted by Crippen LogP contribution is 2.17. The third kappa shape index (κ3) is 9.34. The molecule has 3 aromatic carbocycles. The number of benzene rings is 3. The Kier molecular flexibility index (Phi) is 11.7. The van der Waals surface area contributed by atoms with Crippen molar-refractivity contribution in [1.29, 1.82) is 0 Å². The summed E-state index contributed by atoms with van der Waals surface area (Å²) in [4.78, 5) is 28.5. The molecule has 6 nitrogen and oxygen atoms in total. The fourth-order valence-corrected chi connectivity index (χ4v) is 4.63. The lowest BCUT2D eigenvalue weighted by Crippen LogP contribution is -2.46. The van der Waals surface area contributed by atoms with E-state index in [9.17, 15) is 9.59 Å². The number of carbonyl (C=O) groups is 2. The monoisotopic (exact) mass is 529 g/mol. The summed E-state index contributed by atoms with van der Waals surface area (Å²) in [5, 5.41) is 3.40. The Morgan fingerprint density at radius 1 is 0.846 bits per heavy atom. The first-order valence-corrected chi connectivity index (χ1v) is 14.0. The van der Waals surface area contributed by atoms with Gasteiger partial charge in [0.1, 0.15) is 6.10 Å². The van der Waals surface area contributed by atoms with Crippen LogP contribution in [0.2, 0.25) is 0 Å². The molecule has 0 heterocycles. The van der Waals surface area contributed by atoms with E-state index in [1.54, 1.807) is 12.1 Å². The molecule has 0 aromatic heterocycles. The topological polar surface area (TPSA) is 84.7 Å². The van der Waals surface area contributed by atoms with Crippen LogP contribution in [0.15, 0.2) is 72.8 Å². The molecule has 1 amide bonds.